The first-order valence-electron chi connectivity index (χ1n) is 4.38. The second-order valence-corrected chi connectivity index (χ2v) is 4.78. The molecule has 1 fully saturated rings. The molecule has 0 bridgehead atoms. The summed E-state index contributed by atoms with van der Waals surface area (Å²) in [7, 11) is 0. The minimum Gasteiger partial charge on any atom is -0.480 e. The Balaban J connectivity index is 2.65. The Morgan fingerprint density at radius 2 is 2.08 bits per heavy atom. The van der Waals surface area contributed by atoms with Gasteiger partial charge in [-0.2, -0.15) is 0 Å². The van der Waals surface area contributed by atoms with E-state index in [9.17, 15) is 4.79 Å². The lowest BCUT2D eigenvalue weighted by Crippen LogP contribution is -2.57. The van der Waals surface area contributed by atoms with Gasteiger partial charge in [0.05, 0.1) is 4.99 Å². The van der Waals surface area contributed by atoms with Gasteiger partial charge < -0.3 is 10.0 Å². The maximum atomic E-state index is 10.7. The normalized spacial score (nSPS) is 22.4. The average molecular weight is 201 g/mol. The van der Waals surface area contributed by atoms with Crippen LogP contribution in [0.15, 0.2) is 0 Å². The highest BCUT2D eigenvalue weighted by molar-refractivity contribution is 7.80. The molecule has 74 valence electrons. The molecule has 13 heavy (non-hydrogen) atoms. The minimum atomic E-state index is -0.766. The summed E-state index contributed by atoms with van der Waals surface area (Å²) in [4.78, 5) is 13.3. The molecular formula is C9H15NO2S. The van der Waals surface area contributed by atoms with Crippen molar-refractivity contribution >= 4 is 23.2 Å². The van der Waals surface area contributed by atoms with E-state index in [-0.39, 0.29) is 11.5 Å². The highest BCUT2D eigenvalue weighted by Crippen LogP contribution is 2.27. The van der Waals surface area contributed by atoms with Gasteiger partial charge in [-0.05, 0) is 6.42 Å². The Morgan fingerprint density at radius 3 is 2.31 bits per heavy atom. The van der Waals surface area contributed by atoms with Crippen LogP contribution in [0.5, 0.6) is 0 Å². The van der Waals surface area contributed by atoms with Crippen molar-refractivity contribution in [3.63, 3.8) is 0 Å². The molecule has 0 unspecified atom stereocenters. The molecule has 0 aromatic heterocycles. The molecular weight excluding hydrogens is 186 g/mol. The fourth-order valence-corrected chi connectivity index (χ4v) is 1.54. The third kappa shape index (κ3) is 1.99. The van der Waals surface area contributed by atoms with Crippen LogP contribution >= 0.6 is 12.2 Å². The number of carboxylic acid groups (broad SMARTS) is 1. The van der Waals surface area contributed by atoms with Crippen molar-refractivity contribution in [2.75, 3.05) is 6.54 Å². The van der Waals surface area contributed by atoms with E-state index in [0.717, 1.165) is 11.5 Å². The third-order valence-corrected chi connectivity index (χ3v) is 3.05. The maximum Gasteiger partial charge on any atom is 0.326 e. The van der Waals surface area contributed by atoms with Crippen LogP contribution in [-0.2, 0) is 4.79 Å². The molecule has 1 rings (SSSR count). The van der Waals surface area contributed by atoms with Crippen LogP contribution in [0.1, 0.15) is 27.2 Å². The second-order valence-electron chi connectivity index (χ2n) is 4.39. The van der Waals surface area contributed by atoms with Gasteiger partial charge in [0.25, 0.3) is 0 Å². The first-order valence-corrected chi connectivity index (χ1v) is 4.79. The van der Waals surface area contributed by atoms with Crippen molar-refractivity contribution in [1.82, 2.24) is 4.90 Å². The van der Waals surface area contributed by atoms with Gasteiger partial charge in [-0.25, -0.2) is 4.79 Å². The second kappa shape index (κ2) is 3.25. The fraction of sp³-hybridized carbons (Fsp3) is 0.778. The molecule has 3 nitrogen and oxygen atoms in total. The van der Waals surface area contributed by atoms with Crippen molar-refractivity contribution in [1.29, 1.82) is 0 Å². The number of nitrogens with zero attached hydrogens (tertiary/aromatic N) is 1. The van der Waals surface area contributed by atoms with Crippen molar-refractivity contribution < 1.29 is 9.90 Å². The molecule has 1 aliphatic heterocycles. The summed E-state index contributed by atoms with van der Waals surface area (Å²) in [6.45, 7) is 6.80. The van der Waals surface area contributed by atoms with Gasteiger partial charge in [0.1, 0.15) is 6.04 Å². The average Bonchev–Trinajstić information content (AvgIpc) is 1.80. The number of carbonyl (C=O) groups is 1. The summed E-state index contributed by atoms with van der Waals surface area (Å²) in [5.74, 6) is -0.766. The zero-order valence-electron chi connectivity index (χ0n) is 8.20. The number of carboxylic acids is 1. The van der Waals surface area contributed by atoms with Crippen LogP contribution in [-0.4, -0.2) is 33.6 Å². The molecule has 1 aliphatic rings. The number of aliphatic carboxylic acids is 1. The molecule has 0 aliphatic carbocycles. The van der Waals surface area contributed by atoms with Gasteiger partial charge in [-0.3, -0.25) is 0 Å². The van der Waals surface area contributed by atoms with Crippen molar-refractivity contribution in [3.8, 4) is 0 Å². The summed E-state index contributed by atoms with van der Waals surface area (Å²) in [5, 5.41) is 8.82. The molecule has 0 spiro atoms. The molecule has 1 N–H and O–H groups in total. The van der Waals surface area contributed by atoms with Gasteiger partial charge in [-0.1, -0.05) is 33.0 Å². The first-order chi connectivity index (χ1) is 5.84. The molecule has 4 heteroatoms. The van der Waals surface area contributed by atoms with Crippen molar-refractivity contribution in [2.45, 2.75) is 33.2 Å². The predicted octanol–water partition coefficient (Wildman–Crippen LogP) is 1.52. The number of hydrogen-bond acceptors (Lipinski definition) is 2. The molecule has 1 saturated heterocycles. The van der Waals surface area contributed by atoms with E-state index < -0.39 is 5.97 Å². The molecule has 1 atom stereocenters. The zero-order chi connectivity index (χ0) is 10.2. The Kier molecular flexibility index (Phi) is 2.61. The first kappa shape index (κ1) is 10.4. The largest absolute Gasteiger partial charge is 0.480 e. The summed E-state index contributed by atoms with van der Waals surface area (Å²) >= 11 is 5.22. The lowest BCUT2D eigenvalue weighted by molar-refractivity contribution is -0.145. The van der Waals surface area contributed by atoms with E-state index >= 15 is 0 Å². The van der Waals surface area contributed by atoms with E-state index in [0.29, 0.717) is 6.42 Å². The van der Waals surface area contributed by atoms with Gasteiger partial charge in [0, 0.05) is 12.0 Å². The molecule has 0 saturated carbocycles. The van der Waals surface area contributed by atoms with E-state index in [1.165, 1.54) is 0 Å². The zero-order valence-corrected chi connectivity index (χ0v) is 9.02. The minimum absolute atomic E-state index is 0.108. The summed E-state index contributed by atoms with van der Waals surface area (Å²) in [6, 6.07) is -0.383. The number of hydrogen-bond donors (Lipinski definition) is 1. The Bertz CT molecular complexity index is 244. The van der Waals surface area contributed by atoms with Crippen molar-refractivity contribution in [2.24, 2.45) is 5.41 Å². The van der Waals surface area contributed by atoms with E-state index in [1.54, 1.807) is 4.90 Å². The Morgan fingerprint density at radius 1 is 1.54 bits per heavy atom. The molecule has 0 aromatic carbocycles. The topological polar surface area (TPSA) is 40.5 Å². The van der Waals surface area contributed by atoms with Crippen LogP contribution in [0.3, 0.4) is 0 Å². The van der Waals surface area contributed by atoms with Gasteiger partial charge >= 0.3 is 5.97 Å². The Labute approximate surface area is 83.7 Å². The van der Waals surface area contributed by atoms with E-state index in [2.05, 4.69) is 0 Å². The Hall–Kier alpha value is -0.640. The summed E-state index contributed by atoms with van der Waals surface area (Å²) in [6.07, 6.45) is 0.714. The summed E-state index contributed by atoms with van der Waals surface area (Å²) in [5.41, 5.74) is -0.108. The SMILES string of the molecule is CC(C)(C)C(=S)N1CC[C@H]1C(=O)O. The highest BCUT2D eigenvalue weighted by atomic mass is 32.1. The van der Waals surface area contributed by atoms with Gasteiger partial charge in [0.2, 0.25) is 0 Å². The van der Waals surface area contributed by atoms with Crippen LogP contribution in [0.2, 0.25) is 0 Å². The quantitative estimate of drug-likeness (QED) is 0.653. The van der Waals surface area contributed by atoms with Gasteiger partial charge in [0.15, 0.2) is 0 Å². The standard InChI is InChI=1S/C9H15NO2S/c1-9(2,3)8(13)10-5-4-6(10)7(11)12/h6H,4-5H2,1-3H3,(H,11,12)/t6-/m0/s1. The van der Waals surface area contributed by atoms with Crippen LogP contribution in [0, 0.1) is 5.41 Å². The number of likely N-dealkylation sites (tertiary alicyclic amines) is 1. The van der Waals surface area contributed by atoms with Crippen LogP contribution in [0.25, 0.3) is 0 Å². The lowest BCUT2D eigenvalue weighted by Gasteiger charge is -2.43. The van der Waals surface area contributed by atoms with E-state index in [1.807, 2.05) is 20.8 Å². The monoisotopic (exact) mass is 201 g/mol. The third-order valence-electron chi connectivity index (χ3n) is 2.21. The maximum absolute atomic E-state index is 10.7. The number of rotatable bonds is 1. The molecule has 1 heterocycles. The molecule has 0 radical (unpaired) electrons. The van der Waals surface area contributed by atoms with Gasteiger partial charge in [-0.15, -0.1) is 0 Å². The van der Waals surface area contributed by atoms with Crippen LogP contribution in [0.4, 0.5) is 0 Å². The number of thiocarbonyl (C=S) groups is 1. The van der Waals surface area contributed by atoms with E-state index in [4.69, 9.17) is 17.3 Å². The highest BCUT2D eigenvalue weighted by Gasteiger charge is 2.38. The summed E-state index contributed by atoms with van der Waals surface area (Å²) < 4.78 is 0. The predicted molar refractivity (Wildman–Crippen MR) is 54.8 cm³/mol. The van der Waals surface area contributed by atoms with Crippen molar-refractivity contribution in [3.05, 3.63) is 0 Å². The molecule has 0 amide bonds. The smallest absolute Gasteiger partial charge is 0.326 e. The fourth-order valence-electron chi connectivity index (χ4n) is 1.32. The molecule has 0 aromatic rings. The lowest BCUT2D eigenvalue weighted by atomic mass is 9.91. The van der Waals surface area contributed by atoms with Crippen LogP contribution < -0.4 is 0 Å².